The van der Waals surface area contributed by atoms with E-state index in [1.165, 1.54) is 0 Å². The van der Waals surface area contributed by atoms with Crippen molar-refractivity contribution in [1.82, 2.24) is 0 Å². The zero-order valence-corrected chi connectivity index (χ0v) is 8.64. The van der Waals surface area contributed by atoms with Crippen LogP contribution in [-0.4, -0.2) is 18.4 Å². The molecule has 0 saturated carbocycles. The minimum absolute atomic E-state index is 0.205. The number of ether oxygens (including phenoxy) is 1. The largest absolute Gasteiger partial charge is 0.446 e. The van der Waals surface area contributed by atoms with Crippen molar-refractivity contribution < 1.29 is 22.7 Å². The van der Waals surface area contributed by atoms with E-state index in [0.29, 0.717) is 6.42 Å². The monoisotopic (exact) mass is 227 g/mol. The van der Waals surface area contributed by atoms with Gasteiger partial charge in [-0.05, 0) is 12.8 Å². The highest BCUT2D eigenvalue weighted by Gasteiger charge is 2.33. The Bertz CT molecular complexity index is 194. The average molecular weight is 227 g/mol. The van der Waals surface area contributed by atoms with Gasteiger partial charge in [0.1, 0.15) is 6.10 Å². The maximum absolute atomic E-state index is 12.0. The van der Waals surface area contributed by atoms with E-state index in [9.17, 15) is 18.0 Å². The van der Waals surface area contributed by atoms with Gasteiger partial charge < -0.3 is 10.5 Å². The van der Waals surface area contributed by atoms with Crippen molar-refractivity contribution in [3.63, 3.8) is 0 Å². The number of amides is 1. The standard InChI is InChI=1S/C9H16F3NO2/c1-2-3-4-5-7(15-8(13)14)6-9(10,11)12/h7H,2-6H2,1H3,(H2,13,14). The van der Waals surface area contributed by atoms with E-state index in [4.69, 9.17) is 0 Å². The number of unbranched alkanes of at least 4 members (excludes halogenated alkanes) is 2. The van der Waals surface area contributed by atoms with Crippen LogP contribution in [0.15, 0.2) is 0 Å². The van der Waals surface area contributed by atoms with Crippen molar-refractivity contribution in [2.45, 2.75) is 51.3 Å². The molecule has 0 aliphatic rings. The van der Waals surface area contributed by atoms with Crippen LogP contribution in [0.3, 0.4) is 0 Å². The molecular weight excluding hydrogens is 211 g/mol. The third-order valence-corrected chi connectivity index (χ3v) is 1.87. The van der Waals surface area contributed by atoms with E-state index in [2.05, 4.69) is 10.5 Å². The molecular formula is C9H16F3NO2. The van der Waals surface area contributed by atoms with Crippen LogP contribution in [0, 0.1) is 0 Å². The number of alkyl halides is 3. The highest BCUT2D eigenvalue weighted by Crippen LogP contribution is 2.25. The molecule has 0 saturated heterocycles. The fraction of sp³-hybridized carbons (Fsp3) is 0.889. The molecule has 0 radical (unpaired) electrons. The third kappa shape index (κ3) is 9.37. The lowest BCUT2D eigenvalue weighted by Gasteiger charge is -2.17. The summed E-state index contributed by atoms with van der Waals surface area (Å²) in [5, 5.41) is 0. The van der Waals surface area contributed by atoms with Gasteiger partial charge in [0.2, 0.25) is 0 Å². The molecule has 15 heavy (non-hydrogen) atoms. The van der Waals surface area contributed by atoms with E-state index in [0.717, 1.165) is 12.8 Å². The van der Waals surface area contributed by atoms with Gasteiger partial charge in [-0.15, -0.1) is 0 Å². The predicted molar refractivity (Wildman–Crippen MR) is 49.3 cm³/mol. The highest BCUT2D eigenvalue weighted by atomic mass is 19.4. The molecule has 0 heterocycles. The molecule has 0 aromatic rings. The summed E-state index contributed by atoms with van der Waals surface area (Å²) in [6, 6.07) is 0. The van der Waals surface area contributed by atoms with Crippen LogP contribution in [-0.2, 0) is 4.74 Å². The molecule has 3 nitrogen and oxygen atoms in total. The Morgan fingerprint density at radius 2 is 2.00 bits per heavy atom. The Morgan fingerprint density at radius 1 is 1.40 bits per heavy atom. The van der Waals surface area contributed by atoms with Crippen molar-refractivity contribution in [3.05, 3.63) is 0 Å². The van der Waals surface area contributed by atoms with Crippen LogP contribution in [0.5, 0.6) is 0 Å². The summed E-state index contributed by atoms with van der Waals surface area (Å²) in [6.45, 7) is 1.94. The molecule has 0 aliphatic carbocycles. The summed E-state index contributed by atoms with van der Waals surface area (Å²) >= 11 is 0. The van der Waals surface area contributed by atoms with Crippen LogP contribution in [0.25, 0.3) is 0 Å². The second-order valence-corrected chi connectivity index (χ2v) is 3.37. The van der Waals surface area contributed by atoms with Crippen molar-refractivity contribution in [3.8, 4) is 0 Å². The number of carbonyl (C=O) groups excluding carboxylic acids is 1. The van der Waals surface area contributed by atoms with Crippen molar-refractivity contribution in [2.75, 3.05) is 0 Å². The number of hydrogen-bond donors (Lipinski definition) is 1. The molecule has 0 aromatic carbocycles. The van der Waals surface area contributed by atoms with Crippen LogP contribution >= 0.6 is 0 Å². The molecule has 90 valence electrons. The number of rotatable bonds is 6. The van der Waals surface area contributed by atoms with E-state index in [-0.39, 0.29) is 6.42 Å². The normalized spacial score (nSPS) is 13.6. The summed E-state index contributed by atoms with van der Waals surface area (Å²) in [6.07, 6.45) is -5.23. The van der Waals surface area contributed by atoms with Gasteiger partial charge >= 0.3 is 12.3 Å². The molecule has 1 unspecified atom stereocenters. The fourth-order valence-corrected chi connectivity index (χ4v) is 1.25. The summed E-state index contributed by atoms with van der Waals surface area (Å²) < 4.78 is 40.5. The topological polar surface area (TPSA) is 52.3 Å². The van der Waals surface area contributed by atoms with Gasteiger partial charge in [0.05, 0.1) is 6.42 Å². The number of primary amides is 1. The Labute approximate surface area is 86.8 Å². The Kier molecular flexibility index (Phi) is 6.12. The van der Waals surface area contributed by atoms with Gasteiger partial charge in [-0.25, -0.2) is 4.79 Å². The molecule has 2 N–H and O–H groups in total. The van der Waals surface area contributed by atoms with Gasteiger partial charge in [0.15, 0.2) is 0 Å². The first-order valence-electron chi connectivity index (χ1n) is 4.88. The Balaban J connectivity index is 4.01. The molecule has 0 fully saturated rings. The molecule has 0 spiro atoms. The summed E-state index contributed by atoms with van der Waals surface area (Å²) in [4.78, 5) is 10.4. The van der Waals surface area contributed by atoms with E-state index >= 15 is 0 Å². The van der Waals surface area contributed by atoms with Crippen LogP contribution in [0.1, 0.15) is 39.0 Å². The quantitative estimate of drug-likeness (QED) is 0.709. The first kappa shape index (κ1) is 14.1. The predicted octanol–water partition coefficient (Wildman–Crippen LogP) is 2.98. The third-order valence-electron chi connectivity index (χ3n) is 1.87. The van der Waals surface area contributed by atoms with Crippen molar-refractivity contribution in [1.29, 1.82) is 0 Å². The molecule has 0 aliphatic heterocycles. The molecule has 0 bridgehead atoms. The molecule has 0 aromatic heterocycles. The van der Waals surface area contributed by atoms with Crippen LogP contribution in [0.4, 0.5) is 18.0 Å². The molecule has 1 amide bonds. The minimum Gasteiger partial charge on any atom is -0.446 e. The second kappa shape index (κ2) is 6.53. The van der Waals surface area contributed by atoms with Crippen LogP contribution < -0.4 is 5.73 Å². The number of nitrogens with two attached hydrogens (primary N) is 1. The zero-order valence-electron chi connectivity index (χ0n) is 8.64. The number of hydrogen-bond acceptors (Lipinski definition) is 2. The van der Waals surface area contributed by atoms with Gasteiger partial charge in [0, 0.05) is 0 Å². The van der Waals surface area contributed by atoms with Crippen LogP contribution in [0.2, 0.25) is 0 Å². The smallest absolute Gasteiger partial charge is 0.404 e. The van der Waals surface area contributed by atoms with Gasteiger partial charge in [-0.1, -0.05) is 19.8 Å². The minimum atomic E-state index is -4.33. The SMILES string of the molecule is CCCCCC(CC(F)(F)F)OC(N)=O. The first-order chi connectivity index (χ1) is 6.85. The van der Waals surface area contributed by atoms with Gasteiger partial charge in [-0.2, -0.15) is 13.2 Å². The second-order valence-electron chi connectivity index (χ2n) is 3.37. The van der Waals surface area contributed by atoms with Gasteiger partial charge in [0.25, 0.3) is 0 Å². The fourth-order valence-electron chi connectivity index (χ4n) is 1.25. The summed E-state index contributed by atoms with van der Waals surface area (Å²) in [5.74, 6) is 0. The number of halogens is 3. The Hall–Kier alpha value is -0.940. The van der Waals surface area contributed by atoms with E-state index in [1.807, 2.05) is 6.92 Å². The molecule has 1 atom stereocenters. The number of carbonyl (C=O) groups is 1. The average Bonchev–Trinajstić information content (AvgIpc) is 2.00. The maximum atomic E-state index is 12.0. The first-order valence-corrected chi connectivity index (χ1v) is 4.88. The maximum Gasteiger partial charge on any atom is 0.404 e. The van der Waals surface area contributed by atoms with Crippen molar-refractivity contribution in [2.24, 2.45) is 5.73 Å². The Morgan fingerprint density at radius 3 is 2.40 bits per heavy atom. The summed E-state index contributed by atoms with van der Waals surface area (Å²) in [5.41, 5.74) is 4.69. The zero-order chi connectivity index (χ0) is 11.9. The van der Waals surface area contributed by atoms with Gasteiger partial charge in [-0.3, -0.25) is 0 Å². The van der Waals surface area contributed by atoms with Crippen molar-refractivity contribution >= 4 is 6.09 Å². The lowest BCUT2D eigenvalue weighted by molar-refractivity contribution is -0.154. The highest BCUT2D eigenvalue weighted by molar-refractivity contribution is 5.64. The van der Waals surface area contributed by atoms with E-state index in [1.54, 1.807) is 0 Å². The molecule has 0 rings (SSSR count). The summed E-state index contributed by atoms with van der Waals surface area (Å²) in [7, 11) is 0. The van der Waals surface area contributed by atoms with E-state index < -0.39 is 24.8 Å². The lowest BCUT2D eigenvalue weighted by Crippen LogP contribution is -2.27. The molecule has 6 heteroatoms. The lowest BCUT2D eigenvalue weighted by atomic mass is 10.1.